The fraction of sp³-hybridized carbons (Fsp3) is 0.462. The Kier molecular flexibility index (Phi) is 4.24. The first-order valence-electron chi connectivity index (χ1n) is 6.14. The number of hydrogen-bond donors (Lipinski definition) is 2. The number of nitrogens with zero attached hydrogens (tertiary/aromatic N) is 1. The number of amides is 1. The molecule has 0 spiro atoms. The van der Waals surface area contributed by atoms with Crippen molar-refractivity contribution in [1.29, 1.82) is 0 Å². The summed E-state index contributed by atoms with van der Waals surface area (Å²) >= 11 is 3.53. The molecule has 4 nitrogen and oxygen atoms in total. The van der Waals surface area contributed by atoms with Gasteiger partial charge in [-0.3, -0.25) is 4.79 Å². The van der Waals surface area contributed by atoms with E-state index < -0.39 is 0 Å². The smallest absolute Gasteiger partial charge is 0.220 e. The van der Waals surface area contributed by atoms with Crippen LogP contribution in [0.15, 0.2) is 22.7 Å². The van der Waals surface area contributed by atoms with Crippen molar-refractivity contribution in [3.63, 3.8) is 0 Å². The molecule has 0 aliphatic carbocycles. The Morgan fingerprint density at radius 1 is 1.39 bits per heavy atom. The van der Waals surface area contributed by atoms with Gasteiger partial charge in [-0.15, -0.1) is 0 Å². The molecule has 1 aromatic carbocycles. The number of rotatable bonds is 3. The van der Waals surface area contributed by atoms with Crippen LogP contribution in [0, 0.1) is 5.92 Å². The Morgan fingerprint density at radius 3 is 2.56 bits per heavy atom. The van der Waals surface area contributed by atoms with Crippen LogP contribution < -0.4 is 16.4 Å². The standard InChI is InChI=1S/C13H18BrN3O/c14-12-7-11(2-1-10(12)8-15)17-5-3-9(4-6-17)13(16)18/h1-2,7,9H,3-6,8,15H2,(H2,16,18). The van der Waals surface area contributed by atoms with Crippen LogP contribution in [-0.2, 0) is 11.3 Å². The van der Waals surface area contributed by atoms with E-state index in [0.717, 1.165) is 36.0 Å². The zero-order valence-electron chi connectivity index (χ0n) is 10.2. The molecule has 0 atom stereocenters. The summed E-state index contributed by atoms with van der Waals surface area (Å²) in [4.78, 5) is 13.4. The average Bonchev–Trinajstić information content (AvgIpc) is 2.38. The third kappa shape index (κ3) is 2.84. The highest BCUT2D eigenvalue weighted by atomic mass is 79.9. The van der Waals surface area contributed by atoms with Crippen LogP contribution in [0.5, 0.6) is 0 Å². The summed E-state index contributed by atoms with van der Waals surface area (Å²) in [6, 6.07) is 6.21. The molecular formula is C13H18BrN3O. The largest absolute Gasteiger partial charge is 0.371 e. The number of carbonyl (C=O) groups is 1. The van der Waals surface area contributed by atoms with Crippen LogP contribution in [0.2, 0.25) is 0 Å². The number of anilines is 1. The van der Waals surface area contributed by atoms with Gasteiger partial charge in [0.1, 0.15) is 0 Å². The maximum absolute atomic E-state index is 11.1. The molecule has 1 amide bonds. The van der Waals surface area contributed by atoms with E-state index in [2.05, 4.69) is 33.0 Å². The lowest BCUT2D eigenvalue weighted by Crippen LogP contribution is -2.38. The molecule has 2 rings (SSSR count). The highest BCUT2D eigenvalue weighted by molar-refractivity contribution is 9.10. The molecule has 1 fully saturated rings. The highest BCUT2D eigenvalue weighted by Crippen LogP contribution is 2.27. The molecule has 1 aromatic rings. The minimum absolute atomic E-state index is 0.0352. The molecule has 0 saturated carbocycles. The second-order valence-electron chi connectivity index (χ2n) is 4.64. The Labute approximate surface area is 115 Å². The molecule has 5 heteroatoms. The van der Waals surface area contributed by atoms with E-state index in [0.29, 0.717) is 6.54 Å². The minimum atomic E-state index is -0.172. The number of benzene rings is 1. The number of primary amides is 1. The van der Waals surface area contributed by atoms with E-state index in [1.165, 1.54) is 5.69 Å². The van der Waals surface area contributed by atoms with Crippen LogP contribution in [0.3, 0.4) is 0 Å². The Balaban J connectivity index is 2.05. The normalized spacial score (nSPS) is 16.9. The van der Waals surface area contributed by atoms with Crippen LogP contribution in [0.25, 0.3) is 0 Å². The number of hydrogen-bond acceptors (Lipinski definition) is 3. The molecule has 0 unspecified atom stereocenters. The fourth-order valence-electron chi connectivity index (χ4n) is 2.32. The molecule has 1 heterocycles. The molecule has 1 saturated heterocycles. The van der Waals surface area contributed by atoms with Crippen molar-refractivity contribution >= 4 is 27.5 Å². The van der Waals surface area contributed by atoms with Gasteiger partial charge in [-0.05, 0) is 30.5 Å². The van der Waals surface area contributed by atoms with Gasteiger partial charge < -0.3 is 16.4 Å². The van der Waals surface area contributed by atoms with Crippen LogP contribution in [0.1, 0.15) is 18.4 Å². The predicted molar refractivity (Wildman–Crippen MR) is 76.2 cm³/mol. The van der Waals surface area contributed by atoms with Gasteiger partial charge in [0.05, 0.1) is 0 Å². The maximum atomic E-state index is 11.1. The van der Waals surface area contributed by atoms with E-state index in [9.17, 15) is 4.79 Å². The second-order valence-corrected chi connectivity index (χ2v) is 5.50. The predicted octanol–water partition coefficient (Wildman–Crippen LogP) is 1.61. The SMILES string of the molecule is NCc1ccc(N2CCC(C(N)=O)CC2)cc1Br. The second kappa shape index (κ2) is 5.71. The topological polar surface area (TPSA) is 72.3 Å². The highest BCUT2D eigenvalue weighted by Gasteiger charge is 2.23. The first-order chi connectivity index (χ1) is 8.61. The third-order valence-electron chi connectivity index (χ3n) is 3.52. The lowest BCUT2D eigenvalue weighted by molar-refractivity contribution is -0.122. The van der Waals surface area contributed by atoms with Crippen molar-refractivity contribution in [2.24, 2.45) is 17.4 Å². The Bertz CT molecular complexity index is 442. The van der Waals surface area contributed by atoms with Crippen molar-refractivity contribution in [3.05, 3.63) is 28.2 Å². The summed E-state index contributed by atoms with van der Waals surface area (Å²) in [5, 5.41) is 0. The van der Waals surface area contributed by atoms with Crippen molar-refractivity contribution < 1.29 is 4.79 Å². The van der Waals surface area contributed by atoms with E-state index in [1.807, 2.05) is 6.07 Å². The number of piperidine rings is 1. The van der Waals surface area contributed by atoms with Gasteiger partial charge in [0.2, 0.25) is 5.91 Å². The molecule has 1 aliphatic rings. The first kappa shape index (κ1) is 13.4. The van der Waals surface area contributed by atoms with Gasteiger partial charge in [0.25, 0.3) is 0 Å². The molecule has 0 bridgehead atoms. The van der Waals surface area contributed by atoms with Crippen molar-refractivity contribution in [2.45, 2.75) is 19.4 Å². The minimum Gasteiger partial charge on any atom is -0.371 e. The Hall–Kier alpha value is -1.07. The molecule has 18 heavy (non-hydrogen) atoms. The van der Waals surface area contributed by atoms with Gasteiger partial charge in [-0.1, -0.05) is 22.0 Å². The zero-order valence-corrected chi connectivity index (χ0v) is 11.8. The van der Waals surface area contributed by atoms with Crippen LogP contribution >= 0.6 is 15.9 Å². The van der Waals surface area contributed by atoms with Gasteiger partial charge in [-0.25, -0.2) is 0 Å². The maximum Gasteiger partial charge on any atom is 0.220 e. The summed E-state index contributed by atoms with van der Waals surface area (Å²) in [6.45, 7) is 2.29. The summed E-state index contributed by atoms with van der Waals surface area (Å²) in [5.41, 5.74) is 13.2. The van der Waals surface area contributed by atoms with E-state index in [-0.39, 0.29) is 11.8 Å². The van der Waals surface area contributed by atoms with E-state index in [1.54, 1.807) is 0 Å². The lowest BCUT2D eigenvalue weighted by Gasteiger charge is -2.32. The zero-order chi connectivity index (χ0) is 13.1. The van der Waals surface area contributed by atoms with Gasteiger partial charge in [-0.2, -0.15) is 0 Å². The number of halogens is 1. The van der Waals surface area contributed by atoms with Gasteiger partial charge >= 0.3 is 0 Å². The number of nitrogens with two attached hydrogens (primary N) is 2. The third-order valence-corrected chi connectivity index (χ3v) is 4.26. The average molecular weight is 312 g/mol. The molecule has 1 aliphatic heterocycles. The quantitative estimate of drug-likeness (QED) is 0.890. The first-order valence-corrected chi connectivity index (χ1v) is 6.94. The van der Waals surface area contributed by atoms with Gasteiger partial charge in [0, 0.05) is 35.7 Å². The monoisotopic (exact) mass is 311 g/mol. The summed E-state index contributed by atoms with van der Waals surface area (Å²) in [6.07, 6.45) is 1.68. The lowest BCUT2D eigenvalue weighted by atomic mass is 9.96. The van der Waals surface area contributed by atoms with Crippen molar-refractivity contribution in [3.8, 4) is 0 Å². The molecule has 98 valence electrons. The molecule has 0 radical (unpaired) electrons. The van der Waals surface area contributed by atoms with Crippen LogP contribution in [0.4, 0.5) is 5.69 Å². The molecule has 4 N–H and O–H groups in total. The molecular weight excluding hydrogens is 294 g/mol. The van der Waals surface area contributed by atoms with E-state index in [4.69, 9.17) is 11.5 Å². The van der Waals surface area contributed by atoms with Gasteiger partial charge in [0.15, 0.2) is 0 Å². The van der Waals surface area contributed by atoms with Crippen molar-refractivity contribution in [1.82, 2.24) is 0 Å². The van der Waals surface area contributed by atoms with E-state index >= 15 is 0 Å². The summed E-state index contributed by atoms with van der Waals surface area (Å²) < 4.78 is 1.04. The summed E-state index contributed by atoms with van der Waals surface area (Å²) in [5.74, 6) is -0.137. The summed E-state index contributed by atoms with van der Waals surface area (Å²) in [7, 11) is 0. The molecule has 0 aromatic heterocycles. The van der Waals surface area contributed by atoms with Crippen LogP contribution in [-0.4, -0.2) is 19.0 Å². The fourth-order valence-corrected chi connectivity index (χ4v) is 2.85. The Morgan fingerprint density at radius 2 is 2.06 bits per heavy atom. The van der Waals surface area contributed by atoms with Crippen molar-refractivity contribution in [2.75, 3.05) is 18.0 Å². The number of carbonyl (C=O) groups excluding carboxylic acids is 1.